The van der Waals surface area contributed by atoms with Crippen LogP contribution in [-0.2, 0) is 14.8 Å². The van der Waals surface area contributed by atoms with Gasteiger partial charge in [0.2, 0.25) is 10.0 Å². The number of carbonyl (C=O) groups is 1. The van der Waals surface area contributed by atoms with Crippen molar-refractivity contribution in [2.24, 2.45) is 0 Å². The average Bonchev–Trinajstić information content (AvgIpc) is 2.74. The molecule has 29 heavy (non-hydrogen) atoms. The molecule has 7 nitrogen and oxygen atoms in total. The summed E-state index contributed by atoms with van der Waals surface area (Å²) in [6.07, 6.45) is 0. The number of halogens is 2. The normalized spacial score (nSPS) is 15.0. The van der Waals surface area contributed by atoms with E-state index in [0.29, 0.717) is 17.4 Å². The van der Waals surface area contributed by atoms with Crippen molar-refractivity contribution in [3.63, 3.8) is 0 Å². The van der Waals surface area contributed by atoms with Crippen molar-refractivity contribution in [2.75, 3.05) is 32.8 Å². The van der Waals surface area contributed by atoms with Crippen LogP contribution in [-0.4, -0.2) is 56.3 Å². The molecule has 0 atom stereocenters. The van der Waals surface area contributed by atoms with Gasteiger partial charge >= 0.3 is 0 Å². The topological polar surface area (TPSA) is 90.7 Å². The lowest BCUT2D eigenvalue weighted by Crippen LogP contribution is -2.51. The predicted octanol–water partition coefficient (Wildman–Crippen LogP) is 1.75. The van der Waals surface area contributed by atoms with E-state index in [1.807, 2.05) is 6.07 Å². The van der Waals surface area contributed by atoms with Gasteiger partial charge in [-0.1, -0.05) is 12.1 Å². The highest BCUT2D eigenvalue weighted by Crippen LogP contribution is 2.20. The second-order valence-electron chi connectivity index (χ2n) is 6.26. The van der Waals surface area contributed by atoms with Crippen LogP contribution in [0.15, 0.2) is 47.4 Å². The summed E-state index contributed by atoms with van der Waals surface area (Å²) in [6.45, 7) is 0.00825. The van der Waals surface area contributed by atoms with Gasteiger partial charge in [0.1, 0.15) is 11.8 Å². The number of rotatable bonds is 5. The molecule has 10 heteroatoms. The van der Waals surface area contributed by atoms with E-state index in [1.54, 1.807) is 24.3 Å². The zero-order valence-corrected chi connectivity index (χ0v) is 16.0. The summed E-state index contributed by atoms with van der Waals surface area (Å²) in [6, 6.07) is 10.9. The number of ether oxygens (including phenoxy) is 1. The number of benzene rings is 2. The van der Waals surface area contributed by atoms with Crippen LogP contribution in [0, 0.1) is 23.0 Å². The lowest BCUT2D eigenvalue weighted by Gasteiger charge is -2.34. The molecule has 0 saturated carbocycles. The van der Waals surface area contributed by atoms with E-state index in [9.17, 15) is 22.0 Å². The molecule has 0 bridgehead atoms. The molecule has 2 aromatic rings. The zero-order chi connectivity index (χ0) is 21.0. The summed E-state index contributed by atoms with van der Waals surface area (Å²) < 4.78 is 58.1. The average molecular weight is 421 g/mol. The van der Waals surface area contributed by atoms with E-state index < -0.39 is 21.7 Å². The van der Waals surface area contributed by atoms with E-state index in [4.69, 9.17) is 10.00 Å². The molecule has 0 aromatic heterocycles. The fraction of sp³-hybridized carbons (Fsp3) is 0.263. The summed E-state index contributed by atoms with van der Waals surface area (Å²) in [7, 11) is -3.99. The van der Waals surface area contributed by atoms with Crippen molar-refractivity contribution in [1.82, 2.24) is 9.21 Å². The minimum atomic E-state index is -3.99. The molecular formula is C19H17F2N3O4S. The maximum Gasteiger partial charge on any atom is 0.260 e. The number of nitrogens with zero attached hydrogens (tertiary/aromatic N) is 3. The Hall–Kier alpha value is -3.03. The molecule has 152 valence electrons. The number of carbonyl (C=O) groups excluding carboxylic acids is 1. The maximum atomic E-state index is 13.4. The fourth-order valence-electron chi connectivity index (χ4n) is 2.88. The monoisotopic (exact) mass is 421 g/mol. The van der Waals surface area contributed by atoms with E-state index >= 15 is 0 Å². The van der Waals surface area contributed by atoms with Crippen LogP contribution in [0.25, 0.3) is 0 Å². The summed E-state index contributed by atoms with van der Waals surface area (Å²) in [5.41, 5.74) is 0.308. The Morgan fingerprint density at radius 3 is 2.41 bits per heavy atom. The van der Waals surface area contributed by atoms with Crippen LogP contribution in [0.1, 0.15) is 5.56 Å². The number of piperazine rings is 1. The van der Waals surface area contributed by atoms with Gasteiger partial charge in [-0.2, -0.15) is 9.57 Å². The van der Waals surface area contributed by atoms with Gasteiger partial charge in [-0.25, -0.2) is 17.2 Å². The quantitative estimate of drug-likeness (QED) is 0.734. The van der Waals surface area contributed by atoms with Crippen LogP contribution in [0.3, 0.4) is 0 Å². The van der Waals surface area contributed by atoms with Gasteiger partial charge in [-0.15, -0.1) is 0 Å². The molecule has 3 rings (SSSR count). The Kier molecular flexibility index (Phi) is 6.10. The summed E-state index contributed by atoms with van der Waals surface area (Å²) >= 11 is 0. The minimum Gasteiger partial charge on any atom is -0.482 e. The zero-order valence-electron chi connectivity index (χ0n) is 15.2. The number of hydrogen-bond acceptors (Lipinski definition) is 5. The van der Waals surface area contributed by atoms with Crippen molar-refractivity contribution < 1.29 is 26.7 Å². The first kappa shape index (κ1) is 20.7. The van der Waals surface area contributed by atoms with Crippen molar-refractivity contribution in [1.29, 1.82) is 5.26 Å². The van der Waals surface area contributed by atoms with Gasteiger partial charge in [0.15, 0.2) is 18.2 Å². The van der Waals surface area contributed by atoms with E-state index in [2.05, 4.69) is 0 Å². The molecule has 0 N–H and O–H groups in total. The molecule has 1 aliphatic rings. The van der Waals surface area contributed by atoms with E-state index in [0.717, 1.165) is 16.4 Å². The Morgan fingerprint density at radius 1 is 1.07 bits per heavy atom. The Morgan fingerprint density at radius 2 is 1.76 bits per heavy atom. The highest BCUT2D eigenvalue weighted by molar-refractivity contribution is 7.89. The van der Waals surface area contributed by atoms with Crippen LogP contribution in [0.2, 0.25) is 0 Å². The van der Waals surface area contributed by atoms with Gasteiger partial charge in [0, 0.05) is 26.2 Å². The second kappa shape index (κ2) is 8.55. The molecule has 1 fully saturated rings. The lowest BCUT2D eigenvalue weighted by molar-refractivity contribution is -0.134. The van der Waals surface area contributed by atoms with E-state index in [1.165, 1.54) is 4.90 Å². The smallest absolute Gasteiger partial charge is 0.260 e. The van der Waals surface area contributed by atoms with Gasteiger partial charge in [-0.05, 0) is 30.3 Å². The number of para-hydroxylation sites is 1. The second-order valence-corrected chi connectivity index (χ2v) is 8.20. The summed E-state index contributed by atoms with van der Waals surface area (Å²) in [5, 5.41) is 9.03. The summed E-state index contributed by atoms with van der Waals surface area (Å²) in [4.78, 5) is 13.4. The molecular weight excluding hydrogens is 404 g/mol. The molecule has 1 amide bonds. The van der Waals surface area contributed by atoms with Crippen LogP contribution in [0.4, 0.5) is 8.78 Å². The van der Waals surface area contributed by atoms with Crippen molar-refractivity contribution in [2.45, 2.75) is 4.90 Å². The first-order valence-corrected chi connectivity index (χ1v) is 10.1. The number of hydrogen-bond donors (Lipinski definition) is 0. The molecule has 2 aromatic carbocycles. The highest BCUT2D eigenvalue weighted by Gasteiger charge is 2.30. The Bertz CT molecular complexity index is 1060. The maximum absolute atomic E-state index is 13.4. The van der Waals surface area contributed by atoms with Gasteiger partial charge in [-0.3, -0.25) is 4.79 Å². The van der Waals surface area contributed by atoms with Crippen molar-refractivity contribution in [3.05, 3.63) is 59.7 Å². The van der Waals surface area contributed by atoms with Gasteiger partial charge in [0.05, 0.1) is 10.5 Å². The first-order valence-electron chi connectivity index (χ1n) is 8.68. The van der Waals surface area contributed by atoms with Crippen LogP contribution < -0.4 is 4.74 Å². The van der Waals surface area contributed by atoms with Gasteiger partial charge < -0.3 is 9.64 Å². The Balaban J connectivity index is 1.59. The van der Waals surface area contributed by atoms with Crippen LogP contribution in [0.5, 0.6) is 5.75 Å². The molecule has 1 heterocycles. The fourth-order valence-corrected chi connectivity index (χ4v) is 4.31. The highest BCUT2D eigenvalue weighted by atomic mass is 32.2. The molecule has 0 unspecified atom stereocenters. The molecule has 1 aliphatic heterocycles. The third kappa shape index (κ3) is 4.52. The first-order chi connectivity index (χ1) is 13.8. The number of amides is 1. The Labute approximate surface area is 166 Å². The van der Waals surface area contributed by atoms with Crippen molar-refractivity contribution in [3.8, 4) is 11.8 Å². The van der Waals surface area contributed by atoms with Gasteiger partial charge in [0.25, 0.3) is 5.91 Å². The SMILES string of the molecule is N#Cc1ccccc1OCC(=O)N1CCN(S(=O)(=O)c2ccc(F)c(F)c2)CC1. The minimum absolute atomic E-state index is 0.0157. The molecule has 0 aliphatic carbocycles. The standard InChI is InChI=1S/C19H17F2N3O4S/c20-16-6-5-15(11-17(16)21)29(26,27)24-9-7-23(8-10-24)19(25)13-28-18-4-2-1-3-14(18)12-22/h1-6,11H,7-10,13H2. The largest absolute Gasteiger partial charge is 0.482 e. The summed E-state index contributed by atoms with van der Waals surface area (Å²) in [5.74, 6) is -2.42. The predicted molar refractivity (Wildman–Crippen MR) is 98.3 cm³/mol. The molecule has 0 radical (unpaired) electrons. The number of nitriles is 1. The third-order valence-corrected chi connectivity index (χ3v) is 6.37. The van der Waals surface area contributed by atoms with Crippen LogP contribution >= 0.6 is 0 Å². The molecule has 0 spiro atoms. The lowest BCUT2D eigenvalue weighted by atomic mass is 10.2. The van der Waals surface area contributed by atoms with Crippen molar-refractivity contribution >= 4 is 15.9 Å². The number of sulfonamides is 1. The van der Waals surface area contributed by atoms with E-state index in [-0.39, 0.29) is 43.6 Å². The third-order valence-electron chi connectivity index (χ3n) is 4.48. The molecule has 1 saturated heterocycles.